The lowest BCUT2D eigenvalue weighted by Crippen LogP contribution is -2.30. The van der Waals surface area contributed by atoms with Crippen molar-refractivity contribution < 1.29 is 18.3 Å². The van der Waals surface area contributed by atoms with Gasteiger partial charge in [0, 0.05) is 30.3 Å². The maximum Gasteiger partial charge on any atom is 0.253 e. The van der Waals surface area contributed by atoms with E-state index >= 15 is 0 Å². The highest BCUT2D eigenvalue weighted by Crippen LogP contribution is 2.19. The third-order valence-corrected chi connectivity index (χ3v) is 4.09. The summed E-state index contributed by atoms with van der Waals surface area (Å²) in [6.45, 7) is 0.311. The Morgan fingerprint density at radius 1 is 1.11 bits per heavy atom. The van der Waals surface area contributed by atoms with Crippen LogP contribution in [-0.2, 0) is 6.54 Å². The summed E-state index contributed by atoms with van der Waals surface area (Å²) in [6.07, 6.45) is 1.39. The first-order chi connectivity index (χ1) is 13.5. The predicted octanol–water partition coefficient (Wildman–Crippen LogP) is 2.63. The van der Waals surface area contributed by atoms with Crippen LogP contribution in [-0.4, -0.2) is 29.1 Å². The molecule has 1 amide bonds. The predicted molar refractivity (Wildman–Crippen MR) is 99.2 cm³/mol. The van der Waals surface area contributed by atoms with Crippen molar-refractivity contribution in [3.63, 3.8) is 0 Å². The van der Waals surface area contributed by atoms with E-state index in [9.17, 15) is 18.4 Å². The van der Waals surface area contributed by atoms with Crippen LogP contribution in [0.5, 0.6) is 5.75 Å². The smallest absolute Gasteiger partial charge is 0.253 e. The molecule has 1 aromatic heterocycles. The minimum absolute atomic E-state index is 0.000717. The van der Waals surface area contributed by atoms with Gasteiger partial charge in [0.25, 0.3) is 11.5 Å². The molecule has 3 rings (SSSR count). The Morgan fingerprint density at radius 2 is 1.86 bits per heavy atom. The second-order valence-corrected chi connectivity index (χ2v) is 5.92. The molecule has 0 aliphatic heterocycles. The molecule has 0 spiro atoms. The second kappa shape index (κ2) is 8.43. The van der Waals surface area contributed by atoms with Crippen LogP contribution < -0.4 is 15.6 Å². The number of halogens is 2. The zero-order chi connectivity index (χ0) is 20.1. The van der Waals surface area contributed by atoms with Gasteiger partial charge in [-0.15, -0.1) is 0 Å². The summed E-state index contributed by atoms with van der Waals surface area (Å²) >= 11 is 0. The first-order valence-corrected chi connectivity index (χ1v) is 8.42. The highest BCUT2D eigenvalue weighted by atomic mass is 19.2. The SMILES string of the molecule is COc1ccc(-c2cc(=O)n(CCNC(=O)c3ccc(F)c(F)c3)cn2)cc1. The molecular weight excluding hydrogens is 368 g/mol. The molecule has 2 aromatic carbocycles. The third kappa shape index (κ3) is 4.40. The van der Waals surface area contributed by atoms with Gasteiger partial charge in [-0.1, -0.05) is 0 Å². The van der Waals surface area contributed by atoms with Crippen molar-refractivity contribution in [2.75, 3.05) is 13.7 Å². The lowest BCUT2D eigenvalue weighted by molar-refractivity contribution is 0.0951. The van der Waals surface area contributed by atoms with E-state index < -0.39 is 17.5 Å². The van der Waals surface area contributed by atoms with Crippen molar-refractivity contribution in [1.82, 2.24) is 14.9 Å². The highest BCUT2D eigenvalue weighted by Gasteiger charge is 2.09. The number of aromatic nitrogens is 2. The van der Waals surface area contributed by atoms with E-state index in [2.05, 4.69) is 10.3 Å². The molecule has 1 N–H and O–H groups in total. The van der Waals surface area contributed by atoms with Gasteiger partial charge in [0.2, 0.25) is 0 Å². The van der Waals surface area contributed by atoms with Gasteiger partial charge in [0.05, 0.1) is 19.1 Å². The Morgan fingerprint density at radius 3 is 2.50 bits per heavy atom. The van der Waals surface area contributed by atoms with Crippen LogP contribution in [0.25, 0.3) is 11.3 Å². The normalized spacial score (nSPS) is 10.5. The fraction of sp³-hybridized carbons (Fsp3) is 0.150. The molecule has 0 saturated heterocycles. The van der Waals surface area contributed by atoms with Crippen LogP contribution in [0.2, 0.25) is 0 Å². The number of carbonyl (C=O) groups excluding carboxylic acids is 1. The standard InChI is InChI=1S/C20H17F2N3O3/c1-28-15-5-2-13(3-6-15)18-11-19(26)25(12-24-18)9-8-23-20(27)14-4-7-16(21)17(22)10-14/h2-7,10-12H,8-9H2,1H3,(H,23,27). The Balaban J connectivity index is 1.62. The maximum atomic E-state index is 13.2. The Hall–Kier alpha value is -3.55. The molecule has 0 radical (unpaired) electrons. The van der Waals surface area contributed by atoms with Crippen molar-refractivity contribution in [3.8, 4) is 17.0 Å². The monoisotopic (exact) mass is 385 g/mol. The van der Waals surface area contributed by atoms with Crippen LogP contribution in [0.4, 0.5) is 8.78 Å². The van der Waals surface area contributed by atoms with Crippen molar-refractivity contribution in [2.45, 2.75) is 6.54 Å². The molecule has 0 aliphatic rings. The van der Waals surface area contributed by atoms with E-state index in [0.29, 0.717) is 11.4 Å². The fourth-order valence-electron chi connectivity index (χ4n) is 2.54. The quantitative estimate of drug-likeness (QED) is 0.708. The molecule has 0 atom stereocenters. The van der Waals surface area contributed by atoms with Gasteiger partial charge in [-0.3, -0.25) is 14.2 Å². The number of hydrogen-bond donors (Lipinski definition) is 1. The van der Waals surface area contributed by atoms with E-state index in [1.165, 1.54) is 23.0 Å². The summed E-state index contributed by atoms with van der Waals surface area (Å²) in [5, 5.41) is 2.55. The molecule has 144 valence electrons. The molecule has 8 heteroatoms. The second-order valence-electron chi connectivity index (χ2n) is 5.92. The molecule has 0 saturated carbocycles. The summed E-state index contributed by atoms with van der Waals surface area (Å²) in [5.74, 6) is -1.98. The topological polar surface area (TPSA) is 73.2 Å². The molecule has 3 aromatic rings. The van der Waals surface area contributed by atoms with Crippen LogP contribution >= 0.6 is 0 Å². The third-order valence-electron chi connectivity index (χ3n) is 4.09. The van der Waals surface area contributed by atoms with Gasteiger partial charge in [-0.25, -0.2) is 13.8 Å². The van der Waals surface area contributed by atoms with E-state index in [1.807, 2.05) is 0 Å². The van der Waals surface area contributed by atoms with E-state index in [0.717, 1.165) is 17.7 Å². The summed E-state index contributed by atoms with van der Waals surface area (Å²) < 4.78 is 32.5. The van der Waals surface area contributed by atoms with E-state index in [-0.39, 0.29) is 24.2 Å². The molecule has 0 unspecified atom stereocenters. The van der Waals surface area contributed by atoms with Crippen molar-refractivity contribution in [2.24, 2.45) is 0 Å². The number of ether oxygens (including phenoxy) is 1. The fourth-order valence-corrected chi connectivity index (χ4v) is 2.54. The van der Waals surface area contributed by atoms with Crippen LogP contribution in [0.3, 0.4) is 0 Å². The molecule has 28 heavy (non-hydrogen) atoms. The van der Waals surface area contributed by atoms with Crippen molar-refractivity contribution >= 4 is 5.91 Å². The zero-order valence-electron chi connectivity index (χ0n) is 15.0. The van der Waals surface area contributed by atoms with Crippen molar-refractivity contribution in [3.05, 3.63) is 82.4 Å². The van der Waals surface area contributed by atoms with Gasteiger partial charge in [-0.05, 0) is 42.5 Å². The molecule has 0 aliphatic carbocycles. The summed E-state index contributed by atoms with van der Waals surface area (Å²) in [6, 6.07) is 11.4. The number of rotatable bonds is 6. The average Bonchev–Trinajstić information content (AvgIpc) is 2.71. The number of hydrogen-bond acceptors (Lipinski definition) is 4. The van der Waals surface area contributed by atoms with Gasteiger partial charge < -0.3 is 10.1 Å². The zero-order valence-corrected chi connectivity index (χ0v) is 15.0. The first-order valence-electron chi connectivity index (χ1n) is 8.42. The van der Waals surface area contributed by atoms with Crippen LogP contribution in [0.1, 0.15) is 10.4 Å². The Bertz CT molecular complexity index is 1050. The van der Waals surface area contributed by atoms with Crippen LogP contribution in [0, 0.1) is 11.6 Å². The lowest BCUT2D eigenvalue weighted by atomic mass is 10.1. The number of benzene rings is 2. The molecule has 1 heterocycles. The largest absolute Gasteiger partial charge is 0.497 e. The molecular formula is C20H17F2N3O3. The number of methoxy groups -OCH3 is 1. The number of carbonyl (C=O) groups is 1. The summed E-state index contributed by atoms with van der Waals surface area (Å²) in [5.41, 5.74) is 1.02. The Kier molecular flexibility index (Phi) is 5.78. The molecule has 6 nitrogen and oxygen atoms in total. The summed E-state index contributed by atoms with van der Waals surface area (Å²) in [7, 11) is 1.57. The number of nitrogens with zero attached hydrogens (tertiary/aromatic N) is 2. The average molecular weight is 385 g/mol. The van der Waals surface area contributed by atoms with Crippen LogP contribution in [0.15, 0.2) is 59.7 Å². The van der Waals surface area contributed by atoms with Gasteiger partial charge in [-0.2, -0.15) is 0 Å². The highest BCUT2D eigenvalue weighted by molar-refractivity contribution is 5.94. The van der Waals surface area contributed by atoms with Gasteiger partial charge in [0.15, 0.2) is 11.6 Å². The molecule has 0 bridgehead atoms. The number of nitrogens with one attached hydrogen (secondary N) is 1. The number of amides is 1. The van der Waals surface area contributed by atoms with Gasteiger partial charge in [0.1, 0.15) is 5.75 Å². The van der Waals surface area contributed by atoms with E-state index in [4.69, 9.17) is 4.74 Å². The van der Waals surface area contributed by atoms with Gasteiger partial charge >= 0.3 is 0 Å². The minimum Gasteiger partial charge on any atom is -0.497 e. The summed E-state index contributed by atoms with van der Waals surface area (Å²) in [4.78, 5) is 28.5. The Labute approximate surface area is 159 Å². The minimum atomic E-state index is -1.10. The first kappa shape index (κ1) is 19.2. The van der Waals surface area contributed by atoms with Crippen molar-refractivity contribution in [1.29, 1.82) is 0 Å². The molecule has 0 fully saturated rings. The lowest BCUT2D eigenvalue weighted by Gasteiger charge is -2.09. The van der Waals surface area contributed by atoms with E-state index in [1.54, 1.807) is 31.4 Å². The maximum absolute atomic E-state index is 13.2.